The summed E-state index contributed by atoms with van der Waals surface area (Å²) in [5, 5.41) is 12.7. The molecule has 1 unspecified atom stereocenters. The molecule has 0 bridgehead atoms. The summed E-state index contributed by atoms with van der Waals surface area (Å²) in [6.07, 6.45) is -0.991. The van der Waals surface area contributed by atoms with Gasteiger partial charge in [0.2, 0.25) is 11.8 Å². The van der Waals surface area contributed by atoms with Crippen LogP contribution >= 0.6 is 0 Å². The number of carbonyl (C=O) groups is 4. The average molecular weight is 451 g/mol. The number of benzene rings is 2. The van der Waals surface area contributed by atoms with Gasteiger partial charge in [-0.25, -0.2) is 14.6 Å². The molecule has 4 rings (SSSR count). The Bertz CT molecular complexity index is 1080. The molecule has 1 aliphatic heterocycles. The summed E-state index contributed by atoms with van der Waals surface area (Å²) in [5.41, 5.74) is 5.53. The maximum absolute atomic E-state index is 12.8. The van der Waals surface area contributed by atoms with E-state index in [1.165, 1.54) is 0 Å². The normalized spacial score (nSPS) is 17.2. The second-order valence-corrected chi connectivity index (χ2v) is 8.83. The van der Waals surface area contributed by atoms with Crippen LogP contribution in [0.3, 0.4) is 0 Å². The first-order valence-corrected chi connectivity index (χ1v) is 10.6. The zero-order valence-electron chi connectivity index (χ0n) is 18.3. The molecule has 1 saturated heterocycles. The maximum atomic E-state index is 12.8. The van der Waals surface area contributed by atoms with Crippen molar-refractivity contribution in [3.05, 3.63) is 59.7 Å². The first-order chi connectivity index (χ1) is 15.7. The Hall–Kier alpha value is -3.88. The molecular weight excluding hydrogens is 426 g/mol. The molecule has 3 N–H and O–H groups in total. The van der Waals surface area contributed by atoms with Crippen LogP contribution in [0.2, 0.25) is 0 Å². The third-order valence-corrected chi connectivity index (χ3v) is 6.04. The van der Waals surface area contributed by atoms with Crippen LogP contribution in [0.25, 0.3) is 11.1 Å². The van der Waals surface area contributed by atoms with Gasteiger partial charge in [0.25, 0.3) is 0 Å². The van der Waals surface area contributed by atoms with E-state index in [1.54, 1.807) is 13.8 Å². The number of nitrogens with one attached hydrogen (secondary N) is 2. The SMILES string of the molecule is CC(C)(CNC(=O)OCC1c2ccccc2-c2ccccc21)C(=O)N1NC(=O)CC1C(=O)O. The topological polar surface area (TPSA) is 125 Å². The third kappa shape index (κ3) is 4.26. The fourth-order valence-electron chi connectivity index (χ4n) is 4.26. The van der Waals surface area contributed by atoms with Crippen molar-refractivity contribution in [2.24, 2.45) is 5.41 Å². The smallest absolute Gasteiger partial charge is 0.407 e. The first kappa shape index (κ1) is 22.3. The van der Waals surface area contributed by atoms with Gasteiger partial charge in [-0.15, -0.1) is 0 Å². The van der Waals surface area contributed by atoms with Crippen molar-refractivity contribution in [3.63, 3.8) is 0 Å². The van der Waals surface area contributed by atoms with E-state index in [1.807, 2.05) is 48.5 Å². The van der Waals surface area contributed by atoms with Crippen LogP contribution in [0.4, 0.5) is 4.79 Å². The van der Waals surface area contributed by atoms with Gasteiger partial charge in [-0.3, -0.25) is 15.0 Å². The summed E-state index contributed by atoms with van der Waals surface area (Å²) < 4.78 is 5.48. The molecule has 0 saturated carbocycles. The average Bonchev–Trinajstić information content (AvgIpc) is 3.34. The van der Waals surface area contributed by atoms with Crippen molar-refractivity contribution in [1.29, 1.82) is 0 Å². The lowest BCUT2D eigenvalue weighted by Gasteiger charge is -2.30. The molecule has 9 nitrogen and oxygen atoms in total. The van der Waals surface area contributed by atoms with E-state index in [0.717, 1.165) is 27.3 Å². The quantitative estimate of drug-likeness (QED) is 0.619. The number of carboxylic acid groups (broad SMARTS) is 1. The number of aliphatic carboxylic acids is 1. The van der Waals surface area contributed by atoms with E-state index in [-0.39, 0.29) is 25.5 Å². The summed E-state index contributed by atoms with van der Waals surface area (Å²) >= 11 is 0. The number of fused-ring (bicyclic) bond motifs is 3. The maximum Gasteiger partial charge on any atom is 0.407 e. The zero-order valence-corrected chi connectivity index (χ0v) is 18.3. The van der Waals surface area contributed by atoms with Crippen molar-refractivity contribution in [3.8, 4) is 11.1 Å². The Balaban J connectivity index is 1.36. The van der Waals surface area contributed by atoms with E-state index in [9.17, 15) is 24.3 Å². The lowest BCUT2D eigenvalue weighted by atomic mass is 9.91. The Morgan fingerprint density at radius 3 is 2.24 bits per heavy atom. The number of alkyl carbamates (subject to hydrolysis) is 1. The largest absolute Gasteiger partial charge is 0.480 e. The minimum atomic E-state index is -1.28. The summed E-state index contributed by atoms with van der Waals surface area (Å²) in [6, 6.07) is 14.7. The summed E-state index contributed by atoms with van der Waals surface area (Å²) in [7, 11) is 0. The second-order valence-electron chi connectivity index (χ2n) is 8.83. The molecule has 9 heteroatoms. The van der Waals surface area contributed by atoms with E-state index in [2.05, 4.69) is 10.7 Å². The van der Waals surface area contributed by atoms with Crippen molar-refractivity contribution >= 4 is 23.9 Å². The van der Waals surface area contributed by atoms with Crippen LogP contribution < -0.4 is 10.7 Å². The van der Waals surface area contributed by atoms with Gasteiger partial charge in [0.05, 0.1) is 11.8 Å². The van der Waals surface area contributed by atoms with Gasteiger partial charge in [-0.2, -0.15) is 0 Å². The summed E-state index contributed by atoms with van der Waals surface area (Å²) in [6.45, 7) is 3.16. The molecule has 1 aliphatic carbocycles. The Morgan fingerprint density at radius 1 is 1.09 bits per heavy atom. The van der Waals surface area contributed by atoms with E-state index < -0.39 is 35.3 Å². The molecule has 1 heterocycles. The van der Waals surface area contributed by atoms with E-state index in [4.69, 9.17) is 4.74 Å². The van der Waals surface area contributed by atoms with Gasteiger partial charge in [-0.05, 0) is 36.1 Å². The Kier molecular flexibility index (Phi) is 5.80. The molecule has 3 amide bonds. The number of amides is 3. The molecule has 1 atom stereocenters. The number of hydrazine groups is 1. The highest BCUT2D eigenvalue weighted by atomic mass is 16.5. The molecule has 1 fully saturated rings. The van der Waals surface area contributed by atoms with Crippen LogP contribution in [0, 0.1) is 5.41 Å². The number of carbonyl (C=O) groups excluding carboxylic acids is 3. The predicted octanol–water partition coefficient (Wildman–Crippen LogP) is 2.27. The highest BCUT2D eigenvalue weighted by Gasteiger charge is 2.44. The number of ether oxygens (including phenoxy) is 1. The van der Waals surface area contributed by atoms with Crippen LogP contribution in [0.5, 0.6) is 0 Å². The highest BCUT2D eigenvalue weighted by molar-refractivity contribution is 5.95. The lowest BCUT2D eigenvalue weighted by Crippen LogP contribution is -2.54. The number of hydrogen-bond donors (Lipinski definition) is 3. The van der Waals surface area contributed by atoms with Crippen LogP contribution in [0.15, 0.2) is 48.5 Å². The number of rotatable bonds is 6. The van der Waals surface area contributed by atoms with Crippen LogP contribution in [-0.2, 0) is 19.1 Å². The molecule has 33 heavy (non-hydrogen) atoms. The number of hydrogen-bond acceptors (Lipinski definition) is 5. The van der Waals surface area contributed by atoms with Crippen molar-refractivity contribution in [2.45, 2.75) is 32.2 Å². The fraction of sp³-hybridized carbons (Fsp3) is 0.333. The highest BCUT2D eigenvalue weighted by Crippen LogP contribution is 2.44. The Morgan fingerprint density at radius 2 is 1.67 bits per heavy atom. The molecular formula is C24H25N3O6. The Labute approximate surface area is 190 Å². The van der Waals surface area contributed by atoms with E-state index in [0.29, 0.717) is 0 Å². The van der Waals surface area contributed by atoms with E-state index >= 15 is 0 Å². The summed E-state index contributed by atoms with van der Waals surface area (Å²) in [5.74, 6) is -2.52. The zero-order chi connectivity index (χ0) is 23.8. The van der Waals surface area contributed by atoms with Crippen molar-refractivity contribution < 1.29 is 29.0 Å². The molecule has 0 spiro atoms. The number of nitrogens with zero attached hydrogens (tertiary/aromatic N) is 1. The molecule has 0 aromatic heterocycles. The second kappa shape index (κ2) is 8.57. The van der Waals surface area contributed by atoms with Gasteiger partial charge in [-0.1, -0.05) is 48.5 Å². The summed E-state index contributed by atoms with van der Waals surface area (Å²) in [4.78, 5) is 48.2. The minimum Gasteiger partial charge on any atom is -0.480 e. The minimum absolute atomic E-state index is 0.0890. The van der Waals surface area contributed by atoms with Crippen LogP contribution in [-0.4, -0.2) is 53.2 Å². The van der Waals surface area contributed by atoms with Crippen molar-refractivity contribution in [1.82, 2.24) is 15.8 Å². The molecule has 2 aliphatic rings. The van der Waals surface area contributed by atoms with Gasteiger partial charge >= 0.3 is 12.1 Å². The number of carboxylic acids is 1. The molecule has 172 valence electrons. The molecule has 0 radical (unpaired) electrons. The lowest BCUT2D eigenvalue weighted by molar-refractivity contribution is -0.155. The first-order valence-electron chi connectivity index (χ1n) is 10.6. The van der Waals surface area contributed by atoms with Crippen LogP contribution in [0.1, 0.15) is 37.3 Å². The van der Waals surface area contributed by atoms with Gasteiger partial charge in [0.1, 0.15) is 6.61 Å². The van der Waals surface area contributed by atoms with Gasteiger partial charge in [0, 0.05) is 12.5 Å². The predicted molar refractivity (Wildman–Crippen MR) is 118 cm³/mol. The third-order valence-electron chi connectivity index (χ3n) is 6.04. The monoisotopic (exact) mass is 451 g/mol. The van der Waals surface area contributed by atoms with Crippen molar-refractivity contribution in [2.75, 3.05) is 13.2 Å². The molecule has 2 aromatic carbocycles. The fourth-order valence-corrected chi connectivity index (χ4v) is 4.26. The van der Waals surface area contributed by atoms with Gasteiger partial charge < -0.3 is 15.2 Å². The standard InChI is InChI=1S/C24H25N3O6/c1-24(2,22(31)27-19(21(29)30)11-20(28)26-27)13-25-23(32)33-12-18-16-9-5-3-7-14(16)15-8-4-6-10-17(15)18/h3-10,18-19H,11-13H2,1-2H3,(H,25,32)(H,26,28)(H,29,30). The molecule has 2 aromatic rings. The van der Waals surface area contributed by atoms with Gasteiger partial charge in [0.15, 0.2) is 6.04 Å².